The highest BCUT2D eigenvalue weighted by Crippen LogP contribution is 2.24. The van der Waals surface area contributed by atoms with E-state index in [9.17, 15) is 4.79 Å². The molecule has 0 atom stereocenters. The van der Waals surface area contributed by atoms with Crippen LogP contribution in [-0.4, -0.2) is 27.2 Å². The van der Waals surface area contributed by atoms with Gasteiger partial charge in [-0.3, -0.25) is 9.48 Å². The summed E-state index contributed by atoms with van der Waals surface area (Å²) in [5.74, 6) is -0.0883. The molecule has 0 radical (unpaired) electrons. The number of nitrogens with one attached hydrogen (secondary N) is 1. The molecule has 1 amide bonds. The molecule has 0 aliphatic heterocycles. The van der Waals surface area contributed by atoms with Crippen LogP contribution in [0.2, 0.25) is 0 Å². The third-order valence-electron chi connectivity index (χ3n) is 4.00. The number of thiazole rings is 1. The number of aryl methyl sites for hydroxylation is 2. The summed E-state index contributed by atoms with van der Waals surface area (Å²) in [5.41, 5.74) is 4.86. The molecule has 5 nitrogen and oxygen atoms in total. The van der Waals surface area contributed by atoms with Crippen LogP contribution in [0.25, 0.3) is 10.6 Å². The van der Waals surface area contributed by atoms with Gasteiger partial charge in [0.05, 0.1) is 17.5 Å². The monoisotopic (exact) mass is 340 g/mol. The molecule has 3 aromatic rings. The molecular weight excluding hydrogens is 320 g/mol. The average Bonchev–Trinajstić information content (AvgIpc) is 3.16. The third kappa shape index (κ3) is 3.54. The summed E-state index contributed by atoms with van der Waals surface area (Å²) in [7, 11) is 1.83. The van der Waals surface area contributed by atoms with Gasteiger partial charge < -0.3 is 5.32 Å². The Labute approximate surface area is 145 Å². The Bertz CT molecular complexity index is 848. The summed E-state index contributed by atoms with van der Waals surface area (Å²) in [4.78, 5) is 16.8. The fourth-order valence-electron chi connectivity index (χ4n) is 2.37. The Morgan fingerprint density at radius 2 is 2.00 bits per heavy atom. The van der Waals surface area contributed by atoms with Crippen LogP contribution in [-0.2, 0) is 13.5 Å². The van der Waals surface area contributed by atoms with Crippen LogP contribution >= 0.6 is 11.3 Å². The molecule has 0 unspecified atom stereocenters. The van der Waals surface area contributed by atoms with Crippen molar-refractivity contribution < 1.29 is 4.79 Å². The normalized spacial score (nSPS) is 10.8. The molecule has 6 heteroatoms. The Morgan fingerprint density at radius 1 is 1.25 bits per heavy atom. The summed E-state index contributed by atoms with van der Waals surface area (Å²) in [6.07, 6.45) is 2.32. The number of aromatic nitrogens is 3. The first kappa shape index (κ1) is 16.4. The number of hydrogen-bond acceptors (Lipinski definition) is 4. The molecule has 124 valence electrons. The lowest BCUT2D eigenvalue weighted by molar-refractivity contribution is 0.0953. The van der Waals surface area contributed by atoms with Crippen LogP contribution in [0.4, 0.5) is 0 Å². The second kappa shape index (κ2) is 6.97. The van der Waals surface area contributed by atoms with Gasteiger partial charge in [0.15, 0.2) is 0 Å². The van der Waals surface area contributed by atoms with Crippen molar-refractivity contribution in [2.24, 2.45) is 7.05 Å². The quantitative estimate of drug-likeness (QED) is 0.776. The van der Waals surface area contributed by atoms with Gasteiger partial charge in [-0.15, -0.1) is 11.3 Å². The standard InChI is InChI=1S/C18H20N4OS/c1-12-4-6-14(7-5-12)18-21-15(11-24-18)8-9-19-17(23)16-10-20-22(3)13(16)2/h4-7,10-11H,8-9H2,1-3H3,(H,19,23). The van der Waals surface area contributed by atoms with Crippen molar-refractivity contribution in [1.29, 1.82) is 0 Å². The van der Waals surface area contributed by atoms with Gasteiger partial charge in [0.2, 0.25) is 0 Å². The van der Waals surface area contributed by atoms with Gasteiger partial charge in [0, 0.05) is 36.7 Å². The highest BCUT2D eigenvalue weighted by Gasteiger charge is 2.12. The second-order valence-corrected chi connectivity index (χ2v) is 6.64. The van der Waals surface area contributed by atoms with Crippen molar-refractivity contribution in [2.75, 3.05) is 6.54 Å². The minimum absolute atomic E-state index is 0.0883. The molecular formula is C18H20N4OS. The van der Waals surface area contributed by atoms with E-state index in [0.29, 0.717) is 18.5 Å². The van der Waals surface area contributed by atoms with Crippen LogP contribution in [0, 0.1) is 13.8 Å². The van der Waals surface area contributed by atoms with Crippen molar-refractivity contribution in [3.05, 3.63) is 58.4 Å². The molecule has 0 aliphatic rings. The van der Waals surface area contributed by atoms with Gasteiger partial charge in [-0.1, -0.05) is 29.8 Å². The van der Waals surface area contributed by atoms with Crippen LogP contribution in [0.15, 0.2) is 35.8 Å². The number of amides is 1. The van der Waals surface area contributed by atoms with Gasteiger partial charge in [0.25, 0.3) is 5.91 Å². The molecule has 0 spiro atoms. The largest absolute Gasteiger partial charge is 0.352 e. The molecule has 0 aliphatic carbocycles. The maximum absolute atomic E-state index is 12.1. The van der Waals surface area contributed by atoms with E-state index in [1.54, 1.807) is 22.2 Å². The average molecular weight is 340 g/mol. The Balaban J connectivity index is 1.57. The van der Waals surface area contributed by atoms with E-state index in [1.165, 1.54) is 5.56 Å². The van der Waals surface area contributed by atoms with Gasteiger partial charge >= 0.3 is 0 Å². The lowest BCUT2D eigenvalue weighted by Crippen LogP contribution is -2.26. The minimum atomic E-state index is -0.0883. The van der Waals surface area contributed by atoms with E-state index >= 15 is 0 Å². The zero-order valence-corrected chi connectivity index (χ0v) is 14.9. The van der Waals surface area contributed by atoms with E-state index in [2.05, 4.69) is 52.0 Å². The first-order valence-electron chi connectivity index (χ1n) is 7.83. The first-order chi connectivity index (χ1) is 11.5. The van der Waals surface area contributed by atoms with Gasteiger partial charge in [-0.25, -0.2) is 4.98 Å². The zero-order chi connectivity index (χ0) is 17.1. The highest BCUT2D eigenvalue weighted by atomic mass is 32.1. The predicted octanol–water partition coefficient (Wildman–Crippen LogP) is 3.13. The second-order valence-electron chi connectivity index (χ2n) is 5.78. The van der Waals surface area contributed by atoms with Crippen LogP contribution < -0.4 is 5.32 Å². The van der Waals surface area contributed by atoms with Gasteiger partial charge in [-0.2, -0.15) is 5.10 Å². The maximum atomic E-state index is 12.1. The number of hydrogen-bond donors (Lipinski definition) is 1. The molecule has 24 heavy (non-hydrogen) atoms. The van der Waals surface area contributed by atoms with E-state index in [1.807, 2.05) is 14.0 Å². The SMILES string of the molecule is Cc1ccc(-c2nc(CCNC(=O)c3cnn(C)c3C)cs2)cc1. The van der Waals surface area contributed by atoms with Gasteiger partial charge in [0.1, 0.15) is 5.01 Å². The molecule has 2 heterocycles. The first-order valence-corrected chi connectivity index (χ1v) is 8.71. The van der Waals surface area contributed by atoms with Crippen LogP contribution in [0.5, 0.6) is 0 Å². The van der Waals surface area contributed by atoms with E-state index in [-0.39, 0.29) is 5.91 Å². The van der Waals surface area contributed by atoms with E-state index in [0.717, 1.165) is 22.0 Å². The summed E-state index contributed by atoms with van der Waals surface area (Å²) < 4.78 is 1.70. The smallest absolute Gasteiger partial charge is 0.254 e. The number of carbonyl (C=O) groups excluding carboxylic acids is 1. The fourth-order valence-corrected chi connectivity index (χ4v) is 3.23. The maximum Gasteiger partial charge on any atom is 0.254 e. The topological polar surface area (TPSA) is 59.8 Å². The molecule has 1 aromatic carbocycles. The van der Waals surface area contributed by atoms with Gasteiger partial charge in [-0.05, 0) is 13.8 Å². The summed E-state index contributed by atoms with van der Waals surface area (Å²) >= 11 is 1.63. The van der Waals surface area contributed by atoms with Crippen molar-refractivity contribution >= 4 is 17.2 Å². The van der Waals surface area contributed by atoms with E-state index in [4.69, 9.17) is 0 Å². The van der Waals surface area contributed by atoms with Crippen molar-refractivity contribution in [2.45, 2.75) is 20.3 Å². The molecule has 3 rings (SSSR count). The van der Waals surface area contributed by atoms with Crippen LogP contribution in [0.1, 0.15) is 27.3 Å². The van der Waals surface area contributed by atoms with Crippen molar-refractivity contribution in [3.63, 3.8) is 0 Å². The Kier molecular flexibility index (Phi) is 4.76. The highest BCUT2D eigenvalue weighted by molar-refractivity contribution is 7.13. The molecule has 0 saturated heterocycles. The number of carbonyl (C=O) groups is 1. The molecule has 2 aromatic heterocycles. The Hall–Kier alpha value is -2.47. The zero-order valence-electron chi connectivity index (χ0n) is 14.0. The predicted molar refractivity (Wildman–Crippen MR) is 96.3 cm³/mol. The molecule has 0 bridgehead atoms. The number of benzene rings is 1. The van der Waals surface area contributed by atoms with Crippen molar-refractivity contribution in [3.8, 4) is 10.6 Å². The summed E-state index contributed by atoms with van der Waals surface area (Å²) in [6, 6.07) is 8.36. The lowest BCUT2D eigenvalue weighted by atomic mass is 10.2. The minimum Gasteiger partial charge on any atom is -0.352 e. The lowest BCUT2D eigenvalue weighted by Gasteiger charge is -2.03. The molecule has 0 saturated carbocycles. The van der Waals surface area contributed by atoms with Crippen molar-refractivity contribution in [1.82, 2.24) is 20.1 Å². The molecule has 0 fully saturated rings. The molecule has 1 N–H and O–H groups in total. The number of rotatable bonds is 5. The van der Waals surface area contributed by atoms with Crippen LogP contribution in [0.3, 0.4) is 0 Å². The fraction of sp³-hybridized carbons (Fsp3) is 0.278. The summed E-state index contributed by atoms with van der Waals surface area (Å²) in [5, 5.41) is 10.1. The third-order valence-corrected chi connectivity index (χ3v) is 4.94. The summed E-state index contributed by atoms with van der Waals surface area (Å²) in [6.45, 7) is 4.52. The number of nitrogens with zero attached hydrogens (tertiary/aromatic N) is 3. The Morgan fingerprint density at radius 3 is 2.67 bits per heavy atom. The van der Waals surface area contributed by atoms with E-state index < -0.39 is 0 Å².